The van der Waals surface area contributed by atoms with E-state index in [0.717, 1.165) is 35.5 Å². The molecule has 0 saturated carbocycles. The molecule has 2 aromatic carbocycles. The van der Waals surface area contributed by atoms with Crippen LogP contribution in [0.3, 0.4) is 0 Å². The van der Waals surface area contributed by atoms with Gasteiger partial charge in [0.05, 0.1) is 5.92 Å². The molecule has 0 unspecified atom stereocenters. The van der Waals surface area contributed by atoms with Crippen LogP contribution in [0.1, 0.15) is 52.2 Å². The molecule has 1 aromatic heterocycles. The fourth-order valence-corrected chi connectivity index (χ4v) is 4.75. The van der Waals surface area contributed by atoms with Gasteiger partial charge in [0.25, 0.3) is 0 Å². The van der Waals surface area contributed by atoms with Gasteiger partial charge in [0.2, 0.25) is 5.56 Å². The summed E-state index contributed by atoms with van der Waals surface area (Å²) in [5.74, 6) is -1.09. The zero-order chi connectivity index (χ0) is 24.2. The molecule has 6 heteroatoms. The highest BCUT2D eigenvalue weighted by Crippen LogP contribution is 2.33. The lowest BCUT2D eigenvalue weighted by Gasteiger charge is -2.32. The second-order valence-electron chi connectivity index (χ2n) is 9.09. The Hall–Kier alpha value is -3.67. The molecule has 1 saturated heterocycles. The summed E-state index contributed by atoms with van der Waals surface area (Å²) in [7, 11) is 1.65. The number of nitrogens with zero attached hydrogens (tertiary/aromatic N) is 2. The molecule has 3 aromatic rings. The summed E-state index contributed by atoms with van der Waals surface area (Å²) in [6, 6.07) is 19.4. The highest BCUT2D eigenvalue weighted by atomic mass is 16.4. The Kier molecular flexibility index (Phi) is 6.96. The van der Waals surface area contributed by atoms with Crippen molar-refractivity contribution in [3.05, 3.63) is 99.5 Å². The second kappa shape index (κ2) is 10.1. The molecule has 1 fully saturated rings. The van der Waals surface area contributed by atoms with Crippen molar-refractivity contribution < 1.29 is 14.7 Å². The number of piperidine rings is 1. The van der Waals surface area contributed by atoms with Crippen LogP contribution in [0.15, 0.2) is 71.7 Å². The van der Waals surface area contributed by atoms with Crippen LogP contribution in [0.25, 0.3) is 0 Å². The third-order valence-corrected chi connectivity index (χ3v) is 6.87. The van der Waals surface area contributed by atoms with E-state index in [2.05, 4.69) is 48.2 Å². The predicted octanol–water partition coefficient (Wildman–Crippen LogP) is 4.40. The molecule has 6 nitrogen and oxygen atoms in total. The van der Waals surface area contributed by atoms with Crippen molar-refractivity contribution in [1.82, 2.24) is 4.57 Å². The molecular formula is C28H30N2O4. The molecule has 2 heterocycles. The van der Waals surface area contributed by atoms with Crippen molar-refractivity contribution >= 4 is 17.4 Å². The maximum absolute atomic E-state index is 13.2. The Balaban J connectivity index is 1.59. The third kappa shape index (κ3) is 5.11. The number of carbonyl (C=O) groups excluding carboxylic acids is 1. The Morgan fingerprint density at radius 1 is 1.00 bits per heavy atom. The maximum Gasteiger partial charge on any atom is 0.306 e. The average Bonchev–Trinajstić information content (AvgIpc) is 2.85. The maximum atomic E-state index is 13.2. The van der Waals surface area contributed by atoms with Gasteiger partial charge in [-0.15, -0.1) is 0 Å². The van der Waals surface area contributed by atoms with Crippen molar-refractivity contribution in [3.63, 3.8) is 0 Å². The Morgan fingerprint density at radius 3 is 2.29 bits per heavy atom. The first kappa shape index (κ1) is 23.5. The van der Waals surface area contributed by atoms with Crippen molar-refractivity contribution in [2.75, 3.05) is 18.0 Å². The molecule has 1 aliphatic rings. The van der Waals surface area contributed by atoms with E-state index in [1.165, 1.54) is 10.6 Å². The zero-order valence-electron chi connectivity index (χ0n) is 19.6. The molecule has 0 amide bonds. The van der Waals surface area contributed by atoms with Gasteiger partial charge in [0.15, 0.2) is 5.78 Å². The van der Waals surface area contributed by atoms with Gasteiger partial charge in [0, 0.05) is 56.0 Å². The number of benzene rings is 2. The summed E-state index contributed by atoms with van der Waals surface area (Å²) in [5, 5.41) is 9.24. The summed E-state index contributed by atoms with van der Waals surface area (Å²) < 4.78 is 1.43. The fourth-order valence-electron chi connectivity index (χ4n) is 4.75. The number of aliphatic carboxylic acids is 1. The van der Waals surface area contributed by atoms with Crippen LogP contribution >= 0.6 is 0 Å². The van der Waals surface area contributed by atoms with Gasteiger partial charge in [-0.05, 0) is 54.7 Å². The summed E-state index contributed by atoms with van der Waals surface area (Å²) in [6.07, 6.45) is 3.20. The van der Waals surface area contributed by atoms with Gasteiger partial charge >= 0.3 is 5.97 Å². The first-order valence-electron chi connectivity index (χ1n) is 11.7. The monoisotopic (exact) mass is 458 g/mol. The van der Waals surface area contributed by atoms with E-state index < -0.39 is 5.97 Å². The molecule has 1 N–H and O–H groups in total. The molecule has 0 bridgehead atoms. The highest BCUT2D eigenvalue weighted by molar-refractivity contribution is 5.96. The molecule has 176 valence electrons. The van der Waals surface area contributed by atoms with E-state index in [1.807, 2.05) is 12.1 Å². The highest BCUT2D eigenvalue weighted by Gasteiger charge is 2.25. The van der Waals surface area contributed by atoms with Gasteiger partial charge in [-0.2, -0.15) is 0 Å². The van der Waals surface area contributed by atoms with Crippen molar-refractivity contribution in [2.45, 2.75) is 32.1 Å². The molecule has 1 atom stereocenters. The number of aromatic nitrogens is 1. The Labute approximate surface area is 199 Å². The predicted molar refractivity (Wildman–Crippen MR) is 133 cm³/mol. The first-order valence-corrected chi connectivity index (χ1v) is 11.7. The zero-order valence-corrected chi connectivity index (χ0v) is 19.6. The van der Waals surface area contributed by atoms with Crippen molar-refractivity contribution in [2.24, 2.45) is 13.0 Å². The van der Waals surface area contributed by atoms with E-state index in [0.29, 0.717) is 24.8 Å². The number of carboxylic acids is 1. The van der Waals surface area contributed by atoms with Crippen LogP contribution in [-0.2, 0) is 11.8 Å². The van der Waals surface area contributed by atoms with Crippen molar-refractivity contribution in [3.8, 4) is 0 Å². The standard InChI is InChI=1S/C28H30N2O4/c1-19-5-3-4-6-24(19)25(17-26(31)22-9-12-27(32)29(2)18-22)20-7-10-23(11-8-20)30-15-13-21(14-16-30)28(33)34/h3-12,18,21,25H,13-17H2,1-2H3,(H,33,34)/t25-/m1/s1. The van der Waals surface area contributed by atoms with E-state index in [4.69, 9.17) is 0 Å². The van der Waals surface area contributed by atoms with Gasteiger partial charge in [-0.25, -0.2) is 0 Å². The second-order valence-corrected chi connectivity index (χ2v) is 9.09. The van der Waals surface area contributed by atoms with Gasteiger partial charge in [-0.3, -0.25) is 14.4 Å². The van der Waals surface area contributed by atoms with E-state index >= 15 is 0 Å². The molecule has 0 radical (unpaired) electrons. The molecule has 1 aliphatic heterocycles. The summed E-state index contributed by atoms with van der Waals surface area (Å²) in [4.78, 5) is 38.4. The van der Waals surface area contributed by atoms with Crippen LogP contribution in [0, 0.1) is 12.8 Å². The summed E-state index contributed by atoms with van der Waals surface area (Å²) in [5.41, 5.74) is 4.74. The van der Waals surface area contributed by atoms with Crippen LogP contribution in [0.5, 0.6) is 0 Å². The lowest BCUT2D eigenvalue weighted by Crippen LogP contribution is -2.36. The number of anilines is 1. The SMILES string of the molecule is Cc1ccccc1[C@H](CC(=O)c1ccc(=O)n(C)c1)c1ccc(N2CCC(C(=O)O)CC2)cc1. The largest absolute Gasteiger partial charge is 0.481 e. The number of Topliss-reactive ketones (excluding diaryl/α,β-unsaturated/α-hetero) is 1. The number of hydrogen-bond acceptors (Lipinski definition) is 4. The van der Waals surface area contributed by atoms with Gasteiger partial charge < -0.3 is 14.6 Å². The van der Waals surface area contributed by atoms with E-state index in [9.17, 15) is 19.5 Å². The van der Waals surface area contributed by atoms with Crippen LogP contribution in [0.4, 0.5) is 5.69 Å². The number of aryl methyl sites for hydroxylation is 2. The minimum Gasteiger partial charge on any atom is -0.481 e. The minimum absolute atomic E-state index is 0.0105. The fraction of sp³-hybridized carbons (Fsp3) is 0.321. The molecule has 4 rings (SSSR count). The first-order chi connectivity index (χ1) is 16.3. The molecule has 0 spiro atoms. The Morgan fingerprint density at radius 2 is 1.68 bits per heavy atom. The van der Waals surface area contributed by atoms with E-state index in [-0.39, 0.29) is 23.2 Å². The normalized spacial score (nSPS) is 15.2. The number of hydrogen-bond donors (Lipinski definition) is 1. The number of carbonyl (C=O) groups is 2. The average molecular weight is 459 g/mol. The minimum atomic E-state index is -0.709. The number of pyridine rings is 1. The number of carboxylic acid groups (broad SMARTS) is 1. The van der Waals surface area contributed by atoms with Gasteiger partial charge in [-0.1, -0.05) is 36.4 Å². The smallest absolute Gasteiger partial charge is 0.306 e. The number of rotatable bonds is 7. The third-order valence-electron chi connectivity index (χ3n) is 6.87. The molecule has 34 heavy (non-hydrogen) atoms. The van der Waals surface area contributed by atoms with Crippen LogP contribution in [-0.4, -0.2) is 34.5 Å². The van der Waals surface area contributed by atoms with Crippen LogP contribution < -0.4 is 10.5 Å². The Bertz CT molecular complexity index is 1240. The summed E-state index contributed by atoms with van der Waals surface area (Å²) in [6.45, 7) is 3.51. The lowest BCUT2D eigenvalue weighted by atomic mass is 9.84. The van der Waals surface area contributed by atoms with Crippen molar-refractivity contribution in [1.29, 1.82) is 0 Å². The summed E-state index contributed by atoms with van der Waals surface area (Å²) >= 11 is 0. The topological polar surface area (TPSA) is 79.6 Å². The van der Waals surface area contributed by atoms with Gasteiger partial charge in [0.1, 0.15) is 0 Å². The number of ketones is 1. The molecular weight excluding hydrogens is 428 g/mol. The van der Waals surface area contributed by atoms with Crippen LogP contribution in [0.2, 0.25) is 0 Å². The lowest BCUT2D eigenvalue weighted by molar-refractivity contribution is -0.142. The quantitative estimate of drug-likeness (QED) is 0.531. The van der Waals surface area contributed by atoms with E-state index in [1.54, 1.807) is 19.3 Å². The molecule has 0 aliphatic carbocycles.